The van der Waals surface area contributed by atoms with E-state index in [4.69, 9.17) is 11.6 Å². The molecule has 0 aromatic heterocycles. The van der Waals surface area contributed by atoms with Gasteiger partial charge in [0.1, 0.15) is 0 Å². The molecule has 1 aromatic rings. The van der Waals surface area contributed by atoms with Crippen molar-refractivity contribution in [2.24, 2.45) is 0 Å². The summed E-state index contributed by atoms with van der Waals surface area (Å²) in [5.41, 5.74) is 1.10. The summed E-state index contributed by atoms with van der Waals surface area (Å²) in [7, 11) is -3.00. The van der Waals surface area contributed by atoms with E-state index in [0.29, 0.717) is 13.0 Å². The van der Waals surface area contributed by atoms with Crippen molar-refractivity contribution in [2.45, 2.75) is 32.4 Å². The number of carbonyl (C=O) groups excluding carboxylic acids is 1. The van der Waals surface area contributed by atoms with E-state index in [1.54, 1.807) is 4.90 Å². The van der Waals surface area contributed by atoms with Gasteiger partial charge in [0.25, 0.3) is 0 Å². The van der Waals surface area contributed by atoms with Gasteiger partial charge in [-0.2, -0.15) is 0 Å². The largest absolute Gasteiger partial charge is 0.369 e. The molecule has 0 unspecified atom stereocenters. The molecule has 0 spiro atoms. The third-order valence-electron chi connectivity index (χ3n) is 5.67. The van der Waals surface area contributed by atoms with Crippen molar-refractivity contribution in [3.8, 4) is 0 Å². The van der Waals surface area contributed by atoms with E-state index in [0.717, 1.165) is 36.9 Å². The Balaban J connectivity index is 1.59. The second-order valence-corrected chi connectivity index (χ2v) is 10.0. The van der Waals surface area contributed by atoms with Gasteiger partial charge in [-0.3, -0.25) is 9.69 Å². The lowest BCUT2D eigenvalue weighted by Gasteiger charge is -2.40. The number of piperazine rings is 1. The second-order valence-electron chi connectivity index (χ2n) is 7.36. The molecule has 27 heavy (non-hydrogen) atoms. The molecule has 0 saturated carbocycles. The van der Waals surface area contributed by atoms with E-state index >= 15 is 0 Å². The maximum Gasteiger partial charge on any atom is 0.239 e. The second kappa shape index (κ2) is 8.37. The number of halogens is 1. The van der Waals surface area contributed by atoms with E-state index in [1.807, 2.05) is 32.0 Å². The Kier molecular flexibility index (Phi) is 6.33. The molecule has 6 nitrogen and oxygen atoms in total. The van der Waals surface area contributed by atoms with Gasteiger partial charge in [0, 0.05) is 49.5 Å². The maximum atomic E-state index is 13.0. The number of rotatable bonds is 5. The van der Waals surface area contributed by atoms with Crippen LogP contribution in [0.5, 0.6) is 0 Å². The molecule has 2 aliphatic heterocycles. The highest BCUT2D eigenvalue weighted by atomic mass is 35.5. The van der Waals surface area contributed by atoms with Crippen LogP contribution < -0.4 is 4.90 Å². The summed E-state index contributed by atoms with van der Waals surface area (Å²) in [5, 5.41) is 0.726. The average molecular weight is 414 g/mol. The molecule has 2 heterocycles. The molecule has 2 saturated heterocycles. The molecule has 150 valence electrons. The average Bonchev–Trinajstić information content (AvgIpc) is 3.01. The minimum atomic E-state index is -3.00. The molecule has 0 bridgehead atoms. The zero-order chi connectivity index (χ0) is 19.6. The number of amides is 1. The monoisotopic (exact) mass is 413 g/mol. The van der Waals surface area contributed by atoms with Crippen molar-refractivity contribution in [3.63, 3.8) is 0 Å². The highest BCUT2D eigenvalue weighted by Gasteiger charge is 2.37. The summed E-state index contributed by atoms with van der Waals surface area (Å²) < 4.78 is 23.6. The zero-order valence-electron chi connectivity index (χ0n) is 16.0. The number of carbonyl (C=O) groups is 1. The molecule has 0 aliphatic carbocycles. The predicted octanol–water partition coefficient (Wildman–Crippen LogP) is 1.89. The van der Waals surface area contributed by atoms with Crippen LogP contribution in [0.4, 0.5) is 5.69 Å². The minimum absolute atomic E-state index is 0.0378. The van der Waals surface area contributed by atoms with Crippen LogP contribution in [0.15, 0.2) is 24.3 Å². The Bertz CT molecular complexity index is 778. The highest BCUT2D eigenvalue weighted by Crippen LogP contribution is 2.23. The summed E-state index contributed by atoms with van der Waals surface area (Å²) in [6.07, 6.45) is 0.553. The van der Waals surface area contributed by atoms with Gasteiger partial charge in [-0.15, -0.1) is 0 Å². The Labute approximate surface area is 167 Å². The van der Waals surface area contributed by atoms with Crippen molar-refractivity contribution in [2.75, 3.05) is 49.1 Å². The van der Waals surface area contributed by atoms with Crippen LogP contribution in [0.3, 0.4) is 0 Å². The lowest BCUT2D eigenvalue weighted by atomic mass is 10.1. The van der Waals surface area contributed by atoms with Crippen molar-refractivity contribution in [1.82, 2.24) is 9.80 Å². The SMILES string of the molecule is CCN(C(=O)[C@H](C)N1CCN(c2cccc(Cl)c2)CC1)[C@H]1CCS(=O)(=O)C1. The summed E-state index contributed by atoms with van der Waals surface area (Å²) in [4.78, 5) is 19.3. The number of hydrogen-bond donors (Lipinski definition) is 0. The van der Waals surface area contributed by atoms with Gasteiger partial charge in [-0.1, -0.05) is 17.7 Å². The molecule has 2 fully saturated rings. The molecule has 1 amide bonds. The topological polar surface area (TPSA) is 60.9 Å². The number of sulfone groups is 1. The van der Waals surface area contributed by atoms with Crippen molar-refractivity contribution in [3.05, 3.63) is 29.3 Å². The third kappa shape index (κ3) is 4.76. The first-order chi connectivity index (χ1) is 12.8. The first-order valence-corrected chi connectivity index (χ1v) is 11.8. The molecule has 0 N–H and O–H groups in total. The quantitative estimate of drug-likeness (QED) is 0.737. The molecular weight excluding hydrogens is 386 g/mol. The normalized spacial score (nSPS) is 24.0. The number of nitrogens with zero attached hydrogens (tertiary/aromatic N) is 3. The Morgan fingerprint density at radius 2 is 2.00 bits per heavy atom. The Morgan fingerprint density at radius 3 is 2.56 bits per heavy atom. The summed E-state index contributed by atoms with van der Waals surface area (Å²) in [6, 6.07) is 7.41. The van der Waals surface area contributed by atoms with Crippen molar-refractivity contribution >= 4 is 33.0 Å². The van der Waals surface area contributed by atoms with Crippen LogP contribution in [0.2, 0.25) is 5.02 Å². The van der Waals surface area contributed by atoms with Crippen molar-refractivity contribution < 1.29 is 13.2 Å². The van der Waals surface area contributed by atoms with Crippen LogP contribution in [-0.4, -0.2) is 80.4 Å². The lowest BCUT2D eigenvalue weighted by molar-refractivity contribution is -0.138. The first-order valence-electron chi connectivity index (χ1n) is 9.56. The molecule has 3 rings (SSSR count). The van der Waals surface area contributed by atoms with E-state index in [9.17, 15) is 13.2 Å². The van der Waals surface area contributed by atoms with Gasteiger partial charge in [0.2, 0.25) is 5.91 Å². The molecule has 2 aliphatic rings. The fraction of sp³-hybridized carbons (Fsp3) is 0.632. The van der Waals surface area contributed by atoms with Gasteiger partial charge in [0.05, 0.1) is 17.5 Å². The Hall–Kier alpha value is -1.31. The maximum absolute atomic E-state index is 13.0. The van der Waals surface area contributed by atoms with Crippen LogP contribution >= 0.6 is 11.6 Å². The molecular formula is C19H28ClN3O3S. The van der Waals surface area contributed by atoms with Gasteiger partial charge < -0.3 is 9.80 Å². The number of anilines is 1. The highest BCUT2D eigenvalue weighted by molar-refractivity contribution is 7.91. The minimum Gasteiger partial charge on any atom is -0.369 e. The molecule has 0 radical (unpaired) electrons. The standard InChI is InChI=1S/C19H28ClN3O3S/c1-3-23(18-7-12-27(25,26)14-18)19(24)15(2)21-8-10-22(11-9-21)17-6-4-5-16(20)13-17/h4-6,13,15,18H,3,7-12,14H2,1-2H3/t15-,18-/m0/s1. The fourth-order valence-electron chi connectivity index (χ4n) is 4.05. The number of likely N-dealkylation sites (N-methyl/N-ethyl adjacent to an activating group) is 1. The summed E-state index contributed by atoms with van der Waals surface area (Å²) in [6.45, 7) is 7.66. The van der Waals surface area contributed by atoms with Crippen molar-refractivity contribution in [1.29, 1.82) is 0 Å². The van der Waals surface area contributed by atoms with Gasteiger partial charge in [0.15, 0.2) is 9.84 Å². The summed E-state index contributed by atoms with van der Waals surface area (Å²) >= 11 is 6.09. The Morgan fingerprint density at radius 1 is 1.30 bits per heavy atom. The van der Waals surface area contributed by atoms with Gasteiger partial charge in [-0.05, 0) is 38.5 Å². The van der Waals surface area contributed by atoms with Gasteiger partial charge >= 0.3 is 0 Å². The van der Waals surface area contributed by atoms with Crippen LogP contribution in [0.1, 0.15) is 20.3 Å². The van der Waals surface area contributed by atoms with E-state index in [1.165, 1.54) is 0 Å². The van der Waals surface area contributed by atoms with Crippen LogP contribution in [0, 0.1) is 0 Å². The van der Waals surface area contributed by atoms with E-state index in [-0.39, 0.29) is 29.5 Å². The molecule has 8 heteroatoms. The first kappa shape index (κ1) is 20.4. The van der Waals surface area contributed by atoms with Crippen LogP contribution in [-0.2, 0) is 14.6 Å². The predicted molar refractivity (Wildman–Crippen MR) is 109 cm³/mol. The van der Waals surface area contributed by atoms with E-state index < -0.39 is 9.84 Å². The molecule has 1 aromatic carbocycles. The fourth-order valence-corrected chi connectivity index (χ4v) is 5.97. The van der Waals surface area contributed by atoms with E-state index in [2.05, 4.69) is 15.9 Å². The third-order valence-corrected chi connectivity index (χ3v) is 7.65. The molecule has 2 atom stereocenters. The lowest BCUT2D eigenvalue weighted by Crippen LogP contribution is -2.56. The number of benzene rings is 1. The summed E-state index contributed by atoms with van der Waals surface area (Å²) in [5.74, 6) is 0.325. The smallest absolute Gasteiger partial charge is 0.239 e. The zero-order valence-corrected chi connectivity index (χ0v) is 17.5. The number of hydrogen-bond acceptors (Lipinski definition) is 5. The van der Waals surface area contributed by atoms with Gasteiger partial charge in [-0.25, -0.2) is 8.42 Å². The van der Waals surface area contributed by atoms with Crippen LogP contribution in [0.25, 0.3) is 0 Å².